The molecule has 13 nitrogen and oxygen atoms in total. The molecule has 2 aromatic carbocycles. The van der Waals surface area contributed by atoms with Crippen molar-refractivity contribution in [3.63, 3.8) is 0 Å². The van der Waals surface area contributed by atoms with Crippen LogP contribution < -0.4 is 5.32 Å². The summed E-state index contributed by atoms with van der Waals surface area (Å²) in [5.41, 5.74) is 5.33. The summed E-state index contributed by atoms with van der Waals surface area (Å²) < 4.78 is 6.12. The number of nitrogens with zero attached hydrogens (tertiary/aromatic N) is 7. The Morgan fingerprint density at radius 3 is 2.35 bits per heavy atom. The van der Waals surface area contributed by atoms with Crippen LogP contribution in [-0.2, 0) is 22.4 Å². The number of para-hydroxylation sites is 1. The van der Waals surface area contributed by atoms with Crippen molar-refractivity contribution in [3.05, 3.63) is 53.1 Å². The Bertz CT molecular complexity index is 1620. The van der Waals surface area contributed by atoms with Crippen LogP contribution in [0.3, 0.4) is 0 Å². The fourth-order valence-electron chi connectivity index (χ4n) is 7.82. The van der Waals surface area contributed by atoms with E-state index in [4.69, 9.17) is 4.74 Å². The summed E-state index contributed by atoms with van der Waals surface area (Å²) in [6.07, 6.45) is 2.76. The van der Waals surface area contributed by atoms with Gasteiger partial charge in [-0.2, -0.15) is 15.4 Å². The Morgan fingerprint density at radius 1 is 0.875 bits per heavy atom. The molecular formula is C35H47N9O4. The van der Waals surface area contributed by atoms with Gasteiger partial charge < -0.3 is 29.7 Å². The molecule has 0 unspecified atom stereocenters. The molecule has 1 aromatic heterocycles. The first-order chi connectivity index (χ1) is 23.3. The molecule has 3 saturated heterocycles. The fourth-order valence-corrected chi connectivity index (χ4v) is 7.82. The third kappa shape index (κ3) is 6.84. The molecule has 4 amide bonds. The van der Waals surface area contributed by atoms with Crippen LogP contribution in [0, 0.1) is 6.92 Å². The molecule has 13 heteroatoms. The number of rotatable bonds is 6. The lowest BCUT2D eigenvalue weighted by Crippen LogP contribution is -2.54. The Labute approximate surface area is 281 Å². The van der Waals surface area contributed by atoms with Crippen molar-refractivity contribution in [2.24, 2.45) is 0 Å². The molecular weight excluding hydrogens is 610 g/mol. The van der Waals surface area contributed by atoms with Gasteiger partial charge in [0.2, 0.25) is 0 Å². The first kappa shape index (κ1) is 32.3. The second kappa shape index (κ2) is 14.1. The highest BCUT2D eigenvalue weighted by atomic mass is 16.6. The lowest BCUT2D eigenvalue weighted by atomic mass is 9.98. The van der Waals surface area contributed by atoms with Crippen molar-refractivity contribution < 1.29 is 19.1 Å². The molecule has 3 fully saturated rings. The first-order valence-corrected chi connectivity index (χ1v) is 17.5. The molecule has 256 valence electrons. The number of aryl methyl sites for hydroxylation is 1. The Balaban J connectivity index is 0.999. The summed E-state index contributed by atoms with van der Waals surface area (Å²) in [6, 6.07) is 12.2. The van der Waals surface area contributed by atoms with Crippen molar-refractivity contribution >= 4 is 34.8 Å². The van der Waals surface area contributed by atoms with Crippen LogP contribution >= 0.6 is 0 Å². The third-order valence-electron chi connectivity index (χ3n) is 10.9. The highest BCUT2D eigenvalue weighted by Gasteiger charge is 2.36. The number of piperazine rings is 1. The molecule has 0 aliphatic carbocycles. The summed E-state index contributed by atoms with van der Waals surface area (Å²) in [7, 11) is 2.16. The van der Waals surface area contributed by atoms with Crippen LogP contribution in [0.4, 0.5) is 15.3 Å². The SMILES string of the molecule is Cc1c(C[C@H](OC(=O)N2CCC(N3CCc4ccccc4NC3=O)CC2)C(=O)N2CCC(N3CCN(C)CC3)CC2)ccc2n[nH]nc12. The number of hydrogen-bond donors (Lipinski definition) is 2. The molecule has 0 bridgehead atoms. The van der Waals surface area contributed by atoms with E-state index in [1.54, 1.807) is 4.90 Å². The lowest BCUT2D eigenvalue weighted by Gasteiger charge is -2.42. The zero-order valence-corrected chi connectivity index (χ0v) is 28.1. The molecule has 0 radical (unpaired) electrons. The smallest absolute Gasteiger partial charge is 0.410 e. The number of aromatic nitrogens is 3. The second-order valence-corrected chi connectivity index (χ2v) is 13.8. The van der Waals surface area contributed by atoms with Gasteiger partial charge in [-0.25, -0.2) is 9.59 Å². The minimum Gasteiger partial charge on any atom is -0.436 e. The lowest BCUT2D eigenvalue weighted by molar-refractivity contribution is -0.142. The van der Waals surface area contributed by atoms with Gasteiger partial charge in [-0.3, -0.25) is 9.69 Å². The molecule has 4 aliphatic heterocycles. The third-order valence-corrected chi connectivity index (χ3v) is 10.9. The minimum atomic E-state index is -0.951. The highest BCUT2D eigenvalue weighted by Crippen LogP contribution is 2.27. The number of piperidine rings is 2. The number of carbonyl (C=O) groups is 3. The van der Waals surface area contributed by atoms with E-state index >= 15 is 0 Å². The molecule has 48 heavy (non-hydrogen) atoms. The topological polar surface area (TPSA) is 130 Å². The number of fused-ring (bicyclic) bond motifs is 2. The predicted octanol–water partition coefficient (Wildman–Crippen LogP) is 3.11. The maximum atomic E-state index is 14.1. The normalized spacial score (nSPS) is 21.1. The number of aromatic amines is 1. The van der Waals surface area contributed by atoms with Crippen molar-refractivity contribution in [2.45, 2.75) is 63.6 Å². The molecule has 7 rings (SSSR count). The molecule has 5 heterocycles. The zero-order valence-electron chi connectivity index (χ0n) is 28.1. The van der Waals surface area contributed by atoms with Crippen molar-refractivity contribution in [2.75, 3.05) is 71.3 Å². The maximum Gasteiger partial charge on any atom is 0.410 e. The molecule has 1 atom stereocenters. The summed E-state index contributed by atoms with van der Waals surface area (Å²) in [4.78, 5) is 51.3. The van der Waals surface area contributed by atoms with Gasteiger partial charge in [-0.05, 0) is 74.9 Å². The van der Waals surface area contributed by atoms with Gasteiger partial charge >= 0.3 is 12.1 Å². The number of nitrogens with one attached hydrogen (secondary N) is 2. The Kier molecular flexibility index (Phi) is 9.49. The second-order valence-electron chi connectivity index (χ2n) is 13.8. The highest BCUT2D eigenvalue weighted by molar-refractivity contribution is 5.91. The number of likely N-dealkylation sites (N-methyl/N-ethyl adjacent to an activating group) is 1. The number of anilines is 1. The average molecular weight is 658 g/mol. The molecule has 4 aliphatic rings. The van der Waals surface area contributed by atoms with Crippen molar-refractivity contribution in [3.8, 4) is 0 Å². The molecule has 0 spiro atoms. The van der Waals surface area contributed by atoms with E-state index in [1.165, 1.54) is 0 Å². The van der Waals surface area contributed by atoms with E-state index in [9.17, 15) is 14.4 Å². The van der Waals surface area contributed by atoms with E-state index in [0.717, 1.165) is 78.9 Å². The van der Waals surface area contributed by atoms with Gasteiger partial charge in [-0.1, -0.05) is 24.3 Å². The summed E-state index contributed by atoms with van der Waals surface area (Å²) in [5.74, 6) is -0.143. The van der Waals surface area contributed by atoms with Gasteiger partial charge in [-0.15, -0.1) is 0 Å². The number of carbonyl (C=O) groups excluding carboxylic acids is 3. The summed E-state index contributed by atoms with van der Waals surface area (Å²) in [6.45, 7) is 9.09. The number of amides is 4. The molecule has 2 N–H and O–H groups in total. The van der Waals surface area contributed by atoms with E-state index in [1.807, 2.05) is 47.1 Å². The van der Waals surface area contributed by atoms with Gasteiger partial charge in [0.05, 0.1) is 0 Å². The number of benzene rings is 2. The minimum absolute atomic E-state index is 0.0271. The van der Waals surface area contributed by atoms with E-state index in [-0.39, 0.29) is 24.4 Å². The first-order valence-electron chi connectivity index (χ1n) is 17.5. The largest absolute Gasteiger partial charge is 0.436 e. The van der Waals surface area contributed by atoms with Crippen LogP contribution in [0.25, 0.3) is 11.0 Å². The van der Waals surface area contributed by atoms with Crippen molar-refractivity contribution in [1.29, 1.82) is 0 Å². The average Bonchev–Trinajstić information content (AvgIpc) is 3.53. The standard InChI is InChI=1S/C35H47N9O4/c1-24-26(7-8-30-32(24)38-39-37-30)23-31(33(45)42-14-10-27(11-15-42)41-21-19-40(2)20-22-41)48-35(47)43-16-12-28(13-17-43)44-18-9-25-5-3-4-6-29(25)36-34(44)46/h3-8,27-28,31H,9-23H2,1-2H3,(H,36,46)(H,37,38,39)/t31-/m0/s1. The van der Waals surface area contributed by atoms with E-state index in [0.29, 0.717) is 51.6 Å². The number of hydrogen-bond acceptors (Lipinski definition) is 8. The number of H-pyrrole nitrogens is 1. The zero-order chi connectivity index (χ0) is 33.2. The molecule has 3 aromatic rings. The van der Waals surface area contributed by atoms with Gasteiger partial charge in [0, 0.05) is 83.1 Å². The van der Waals surface area contributed by atoms with Crippen LogP contribution in [0.2, 0.25) is 0 Å². The monoisotopic (exact) mass is 657 g/mol. The quantitative estimate of drug-likeness (QED) is 0.414. The van der Waals surface area contributed by atoms with Gasteiger partial charge in [0.15, 0.2) is 6.10 Å². The Morgan fingerprint density at radius 2 is 1.58 bits per heavy atom. The maximum absolute atomic E-state index is 14.1. The van der Waals surface area contributed by atoms with Crippen LogP contribution in [0.5, 0.6) is 0 Å². The van der Waals surface area contributed by atoms with Crippen LogP contribution in [-0.4, -0.2) is 142 Å². The van der Waals surface area contributed by atoms with Crippen LogP contribution in [0.15, 0.2) is 36.4 Å². The Hall–Kier alpha value is -4.23. The fraction of sp³-hybridized carbons (Fsp3) is 0.571. The number of urea groups is 1. The van der Waals surface area contributed by atoms with Crippen LogP contribution in [0.1, 0.15) is 42.4 Å². The molecule has 0 saturated carbocycles. The summed E-state index contributed by atoms with van der Waals surface area (Å²) in [5, 5.41) is 14.2. The number of ether oxygens (including phenoxy) is 1. The van der Waals surface area contributed by atoms with Gasteiger partial charge in [0.1, 0.15) is 11.0 Å². The van der Waals surface area contributed by atoms with E-state index < -0.39 is 12.2 Å². The van der Waals surface area contributed by atoms with E-state index in [2.05, 4.69) is 43.6 Å². The number of likely N-dealkylation sites (tertiary alicyclic amines) is 2. The predicted molar refractivity (Wildman–Crippen MR) is 182 cm³/mol. The van der Waals surface area contributed by atoms with Crippen molar-refractivity contribution in [1.82, 2.24) is 39.9 Å². The summed E-state index contributed by atoms with van der Waals surface area (Å²) >= 11 is 0. The van der Waals surface area contributed by atoms with Gasteiger partial charge in [0.25, 0.3) is 5.91 Å².